The SMILES string of the molecule is CN(C)CCOc1cccc(CN(Cc2ccccn2)C(=O)Cc2ccc(F)cc2)c1. The first-order chi connectivity index (χ1) is 15.0. The molecule has 6 heteroatoms. The summed E-state index contributed by atoms with van der Waals surface area (Å²) < 4.78 is 19.0. The Bertz CT molecular complexity index is 962. The summed E-state index contributed by atoms with van der Waals surface area (Å²) in [7, 11) is 4.00. The Morgan fingerprint density at radius 1 is 0.968 bits per heavy atom. The zero-order valence-electron chi connectivity index (χ0n) is 18.0. The van der Waals surface area contributed by atoms with Crippen LogP contribution in [0.3, 0.4) is 0 Å². The Labute approximate surface area is 183 Å². The van der Waals surface area contributed by atoms with Gasteiger partial charge in [-0.05, 0) is 61.6 Å². The van der Waals surface area contributed by atoms with E-state index in [1.165, 1.54) is 12.1 Å². The lowest BCUT2D eigenvalue weighted by Crippen LogP contribution is -2.31. The molecule has 0 N–H and O–H groups in total. The maximum atomic E-state index is 13.2. The highest BCUT2D eigenvalue weighted by Gasteiger charge is 2.16. The van der Waals surface area contributed by atoms with Crippen molar-refractivity contribution in [3.05, 3.63) is 95.6 Å². The van der Waals surface area contributed by atoms with E-state index in [2.05, 4.69) is 9.88 Å². The molecule has 31 heavy (non-hydrogen) atoms. The van der Waals surface area contributed by atoms with Crippen LogP contribution in [-0.4, -0.2) is 47.9 Å². The van der Waals surface area contributed by atoms with E-state index in [0.717, 1.165) is 29.1 Å². The Morgan fingerprint density at radius 3 is 2.48 bits per heavy atom. The van der Waals surface area contributed by atoms with Gasteiger partial charge in [-0.15, -0.1) is 0 Å². The molecule has 0 unspecified atom stereocenters. The summed E-state index contributed by atoms with van der Waals surface area (Å²) >= 11 is 0. The Balaban J connectivity index is 1.73. The number of nitrogens with zero attached hydrogens (tertiary/aromatic N) is 3. The molecule has 3 rings (SSSR count). The van der Waals surface area contributed by atoms with Crippen LogP contribution >= 0.6 is 0 Å². The van der Waals surface area contributed by atoms with Crippen LogP contribution in [0, 0.1) is 5.82 Å². The zero-order valence-corrected chi connectivity index (χ0v) is 18.0. The first-order valence-electron chi connectivity index (χ1n) is 10.3. The molecule has 0 fully saturated rings. The molecular weight excluding hydrogens is 393 g/mol. The van der Waals surface area contributed by atoms with Gasteiger partial charge >= 0.3 is 0 Å². The number of likely N-dealkylation sites (N-methyl/N-ethyl adjacent to an activating group) is 1. The first-order valence-corrected chi connectivity index (χ1v) is 10.3. The number of benzene rings is 2. The number of amides is 1. The highest BCUT2D eigenvalue weighted by atomic mass is 19.1. The standard InChI is InChI=1S/C25H28FN3O2/c1-28(2)14-15-31-24-8-5-6-21(16-24)18-29(19-23-7-3-4-13-27-23)25(30)17-20-9-11-22(26)12-10-20/h3-13,16H,14-15,17-19H2,1-2H3. The van der Waals surface area contributed by atoms with Crippen LogP contribution in [0.2, 0.25) is 0 Å². The molecule has 0 aliphatic heterocycles. The van der Waals surface area contributed by atoms with Crippen molar-refractivity contribution in [3.8, 4) is 5.75 Å². The molecule has 162 valence electrons. The van der Waals surface area contributed by atoms with Crippen LogP contribution in [0.25, 0.3) is 0 Å². The summed E-state index contributed by atoms with van der Waals surface area (Å²) in [6.07, 6.45) is 1.92. The molecule has 0 bridgehead atoms. The molecule has 0 saturated carbocycles. The third-order valence-electron chi connectivity index (χ3n) is 4.78. The van der Waals surface area contributed by atoms with Gasteiger partial charge in [-0.2, -0.15) is 0 Å². The largest absolute Gasteiger partial charge is 0.492 e. The van der Waals surface area contributed by atoms with Gasteiger partial charge in [-0.25, -0.2) is 4.39 Å². The molecule has 1 heterocycles. The van der Waals surface area contributed by atoms with Gasteiger partial charge in [0.2, 0.25) is 5.91 Å². The van der Waals surface area contributed by atoms with E-state index < -0.39 is 0 Å². The van der Waals surface area contributed by atoms with Gasteiger partial charge in [-0.1, -0.05) is 30.3 Å². The molecular formula is C25H28FN3O2. The minimum Gasteiger partial charge on any atom is -0.492 e. The zero-order chi connectivity index (χ0) is 22.1. The molecule has 0 atom stereocenters. The van der Waals surface area contributed by atoms with E-state index in [1.807, 2.05) is 56.6 Å². The van der Waals surface area contributed by atoms with Crippen molar-refractivity contribution in [2.24, 2.45) is 0 Å². The number of hydrogen-bond donors (Lipinski definition) is 0. The number of aromatic nitrogens is 1. The van der Waals surface area contributed by atoms with Gasteiger partial charge < -0.3 is 14.5 Å². The Hall–Kier alpha value is -3.25. The second kappa shape index (κ2) is 11.2. The normalized spacial score (nSPS) is 10.8. The van der Waals surface area contributed by atoms with Crippen LogP contribution in [0.15, 0.2) is 72.9 Å². The summed E-state index contributed by atoms with van der Waals surface area (Å²) in [6.45, 7) is 2.25. The van der Waals surface area contributed by atoms with E-state index in [-0.39, 0.29) is 18.1 Å². The summed E-state index contributed by atoms with van der Waals surface area (Å²) in [5, 5.41) is 0. The predicted molar refractivity (Wildman–Crippen MR) is 119 cm³/mol. The summed E-state index contributed by atoms with van der Waals surface area (Å²) in [5.41, 5.74) is 2.57. The molecule has 1 amide bonds. The van der Waals surface area contributed by atoms with Crippen molar-refractivity contribution in [2.45, 2.75) is 19.5 Å². The van der Waals surface area contributed by atoms with Crippen LogP contribution in [-0.2, 0) is 24.3 Å². The first kappa shape index (κ1) is 22.4. The van der Waals surface area contributed by atoms with Gasteiger partial charge in [0.25, 0.3) is 0 Å². The highest BCUT2D eigenvalue weighted by molar-refractivity contribution is 5.78. The lowest BCUT2D eigenvalue weighted by Gasteiger charge is -2.23. The smallest absolute Gasteiger partial charge is 0.227 e. The number of halogens is 1. The van der Waals surface area contributed by atoms with E-state index >= 15 is 0 Å². The Morgan fingerprint density at radius 2 is 1.77 bits per heavy atom. The van der Waals surface area contributed by atoms with Crippen LogP contribution in [0.1, 0.15) is 16.8 Å². The predicted octanol–water partition coefficient (Wildman–Crippen LogP) is 3.93. The van der Waals surface area contributed by atoms with Crippen LogP contribution in [0.4, 0.5) is 4.39 Å². The van der Waals surface area contributed by atoms with Gasteiger partial charge in [0, 0.05) is 19.3 Å². The Kier molecular flexibility index (Phi) is 8.12. The fourth-order valence-electron chi connectivity index (χ4n) is 3.11. The van der Waals surface area contributed by atoms with Crippen molar-refractivity contribution in [1.29, 1.82) is 0 Å². The third kappa shape index (κ3) is 7.50. The molecule has 1 aromatic heterocycles. The van der Waals surface area contributed by atoms with Gasteiger partial charge in [0.05, 0.1) is 18.7 Å². The van der Waals surface area contributed by atoms with Gasteiger partial charge in [0.1, 0.15) is 18.2 Å². The number of hydrogen-bond acceptors (Lipinski definition) is 4. The molecule has 2 aromatic carbocycles. The van der Waals surface area contributed by atoms with Crippen molar-refractivity contribution in [1.82, 2.24) is 14.8 Å². The average molecular weight is 422 g/mol. The maximum absolute atomic E-state index is 13.2. The average Bonchev–Trinajstić information content (AvgIpc) is 2.76. The fourth-order valence-corrected chi connectivity index (χ4v) is 3.11. The van der Waals surface area contributed by atoms with E-state index in [0.29, 0.717) is 19.7 Å². The lowest BCUT2D eigenvalue weighted by atomic mass is 10.1. The quantitative estimate of drug-likeness (QED) is 0.498. The lowest BCUT2D eigenvalue weighted by molar-refractivity contribution is -0.131. The molecule has 0 saturated heterocycles. The van der Waals surface area contributed by atoms with Crippen molar-refractivity contribution < 1.29 is 13.9 Å². The molecule has 0 radical (unpaired) electrons. The van der Waals surface area contributed by atoms with Gasteiger partial charge in [-0.3, -0.25) is 9.78 Å². The van der Waals surface area contributed by atoms with E-state index in [1.54, 1.807) is 23.2 Å². The van der Waals surface area contributed by atoms with Crippen LogP contribution in [0.5, 0.6) is 5.75 Å². The highest BCUT2D eigenvalue weighted by Crippen LogP contribution is 2.17. The summed E-state index contributed by atoms with van der Waals surface area (Å²) in [5.74, 6) is 0.423. The van der Waals surface area contributed by atoms with Crippen molar-refractivity contribution in [3.63, 3.8) is 0 Å². The maximum Gasteiger partial charge on any atom is 0.227 e. The number of ether oxygens (including phenoxy) is 1. The summed E-state index contributed by atoms with van der Waals surface area (Å²) in [4.78, 5) is 21.3. The topological polar surface area (TPSA) is 45.7 Å². The summed E-state index contributed by atoms with van der Waals surface area (Å²) in [6, 6.07) is 19.5. The number of rotatable bonds is 10. The minimum atomic E-state index is -0.312. The number of carbonyl (C=O) groups is 1. The number of carbonyl (C=O) groups excluding carboxylic acids is 1. The molecule has 3 aromatic rings. The molecule has 0 aliphatic carbocycles. The molecule has 5 nitrogen and oxygen atoms in total. The monoisotopic (exact) mass is 421 g/mol. The van der Waals surface area contributed by atoms with E-state index in [4.69, 9.17) is 4.74 Å². The number of pyridine rings is 1. The fraction of sp³-hybridized carbons (Fsp3) is 0.280. The molecule has 0 spiro atoms. The van der Waals surface area contributed by atoms with Crippen LogP contribution < -0.4 is 4.74 Å². The third-order valence-corrected chi connectivity index (χ3v) is 4.78. The second-order valence-corrected chi connectivity index (χ2v) is 7.67. The van der Waals surface area contributed by atoms with Gasteiger partial charge in [0.15, 0.2) is 0 Å². The molecule has 0 aliphatic rings. The van der Waals surface area contributed by atoms with Crippen molar-refractivity contribution in [2.75, 3.05) is 27.2 Å². The minimum absolute atomic E-state index is 0.0452. The van der Waals surface area contributed by atoms with E-state index in [9.17, 15) is 9.18 Å². The van der Waals surface area contributed by atoms with Crippen molar-refractivity contribution >= 4 is 5.91 Å². The second-order valence-electron chi connectivity index (χ2n) is 7.67.